The lowest BCUT2D eigenvalue weighted by atomic mass is 10.2. The average Bonchev–Trinajstić information content (AvgIpc) is 2.93. The molecule has 1 aromatic carbocycles. The van der Waals surface area contributed by atoms with E-state index in [0.29, 0.717) is 18.0 Å². The quantitative estimate of drug-likeness (QED) is 0.762. The Bertz CT molecular complexity index is 631. The SMILES string of the molecule is COCCN(C)CC1CCCN1S(=O)(=O)c1ccc(C)cc1C. The van der Waals surface area contributed by atoms with Crippen LogP contribution in [0, 0.1) is 13.8 Å². The second-order valence-corrected chi connectivity index (χ2v) is 8.29. The van der Waals surface area contributed by atoms with E-state index in [2.05, 4.69) is 4.90 Å². The highest BCUT2D eigenvalue weighted by atomic mass is 32.2. The number of likely N-dealkylation sites (N-methyl/N-ethyl adjacent to an activating group) is 1. The fraction of sp³-hybridized carbons (Fsp3) is 0.647. The van der Waals surface area contributed by atoms with Gasteiger partial charge in [-0.15, -0.1) is 0 Å². The molecule has 0 aromatic heterocycles. The van der Waals surface area contributed by atoms with E-state index in [0.717, 1.165) is 37.1 Å². The molecule has 2 rings (SSSR count). The number of rotatable bonds is 7. The third-order valence-corrected chi connectivity index (χ3v) is 6.55. The molecule has 0 saturated carbocycles. The Hall–Kier alpha value is -0.950. The largest absolute Gasteiger partial charge is 0.383 e. The molecule has 0 amide bonds. The normalized spacial score (nSPS) is 19.6. The minimum Gasteiger partial charge on any atom is -0.383 e. The molecule has 130 valence electrons. The summed E-state index contributed by atoms with van der Waals surface area (Å²) in [6, 6.07) is 5.59. The van der Waals surface area contributed by atoms with Gasteiger partial charge in [0.2, 0.25) is 10.0 Å². The number of ether oxygens (including phenoxy) is 1. The van der Waals surface area contributed by atoms with Crippen molar-refractivity contribution in [3.63, 3.8) is 0 Å². The summed E-state index contributed by atoms with van der Waals surface area (Å²) in [6.07, 6.45) is 1.84. The maximum Gasteiger partial charge on any atom is 0.243 e. The molecule has 1 aliphatic rings. The molecule has 1 saturated heterocycles. The lowest BCUT2D eigenvalue weighted by Gasteiger charge is -2.28. The monoisotopic (exact) mass is 340 g/mol. The summed E-state index contributed by atoms with van der Waals surface area (Å²) >= 11 is 0. The Kier molecular flexibility index (Phi) is 6.19. The van der Waals surface area contributed by atoms with E-state index in [4.69, 9.17) is 4.74 Å². The molecule has 1 fully saturated rings. The third kappa shape index (κ3) is 4.32. The predicted molar refractivity (Wildman–Crippen MR) is 92.2 cm³/mol. The third-order valence-electron chi connectivity index (χ3n) is 4.44. The zero-order valence-electron chi connectivity index (χ0n) is 14.6. The van der Waals surface area contributed by atoms with Crippen molar-refractivity contribution in [2.75, 3.05) is 40.4 Å². The highest BCUT2D eigenvalue weighted by Gasteiger charge is 2.36. The molecule has 1 heterocycles. The smallest absolute Gasteiger partial charge is 0.243 e. The molecule has 1 aromatic rings. The Labute approximate surface area is 140 Å². The zero-order chi connectivity index (χ0) is 17.0. The van der Waals surface area contributed by atoms with E-state index < -0.39 is 10.0 Å². The number of hydrogen-bond donors (Lipinski definition) is 0. The van der Waals surface area contributed by atoms with Gasteiger partial charge in [-0.2, -0.15) is 4.31 Å². The van der Waals surface area contributed by atoms with E-state index in [9.17, 15) is 8.42 Å². The minimum atomic E-state index is -3.43. The fourth-order valence-electron chi connectivity index (χ4n) is 3.22. The molecular weight excluding hydrogens is 312 g/mol. The zero-order valence-corrected chi connectivity index (χ0v) is 15.4. The van der Waals surface area contributed by atoms with Crippen LogP contribution in [0.25, 0.3) is 0 Å². The number of nitrogens with zero attached hydrogens (tertiary/aromatic N) is 2. The van der Waals surface area contributed by atoms with Crippen LogP contribution in [0.2, 0.25) is 0 Å². The van der Waals surface area contributed by atoms with Crippen molar-refractivity contribution in [1.82, 2.24) is 9.21 Å². The van der Waals surface area contributed by atoms with Gasteiger partial charge in [0.05, 0.1) is 11.5 Å². The van der Waals surface area contributed by atoms with Crippen LogP contribution in [0.5, 0.6) is 0 Å². The standard InChI is InChI=1S/C17H28N2O3S/c1-14-7-8-17(15(2)12-14)23(20,21)19-9-5-6-16(19)13-18(3)10-11-22-4/h7-8,12,16H,5-6,9-11,13H2,1-4H3. The van der Waals surface area contributed by atoms with Crippen molar-refractivity contribution in [2.24, 2.45) is 0 Å². The first-order valence-electron chi connectivity index (χ1n) is 8.13. The van der Waals surface area contributed by atoms with E-state index in [1.807, 2.05) is 33.0 Å². The lowest BCUT2D eigenvalue weighted by Crippen LogP contribution is -2.43. The molecule has 0 radical (unpaired) electrons. The Morgan fingerprint density at radius 2 is 2.09 bits per heavy atom. The topological polar surface area (TPSA) is 49.9 Å². The molecule has 0 N–H and O–H groups in total. The summed E-state index contributed by atoms with van der Waals surface area (Å²) in [7, 11) is 0.268. The van der Waals surface area contributed by atoms with Gasteiger partial charge in [-0.05, 0) is 45.4 Å². The van der Waals surface area contributed by atoms with Crippen LogP contribution < -0.4 is 0 Å². The molecule has 1 atom stereocenters. The summed E-state index contributed by atoms with van der Waals surface area (Å²) in [6.45, 7) is 6.67. The average molecular weight is 340 g/mol. The van der Waals surface area contributed by atoms with Gasteiger partial charge in [-0.25, -0.2) is 8.42 Å². The Balaban J connectivity index is 2.17. The van der Waals surface area contributed by atoms with Crippen molar-refractivity contribution in [3.05, 3.63) is 29.3 Å². The minimum absolute atomic E-state index is 0.0440. The first kappa shape index (κ1) is 18.4. The van der Waals surface area contributed by atoms with Crippen molar-refractivity contribution < 1.29 is 13.2 Å². The number of benzene rings is 1. The van der Waals surface area contributed by atoms with Gasteiger partial charge in [0, 0.05) is 32.8 Å². The molecular formula is C17H28N2O3S. The van der Waals surface area contributed by atoms with Crippen LogP contribution >= 0.6 is 0 Å². The van der Waals surface area contributed by atoms with Crippen molar-refractivity contribution >= 4 is 10.0 Å². The maximum absolute atomic E-state index is 13.1. The van der Waals surface area contributed by atoms with Crippen LogP contribution in [-0.2, 0) is 14.8 Å². The van der Waals surface area contributed by atoms with Crippen molar-refractivity contribution in [1.29, 1.82) is 0 Å². The molecule has 1 aliphatic heterocycles. The lowest BCUT2D eigenvalue weighted by molar-refractivity contribution is 0.151. The maximum atomic E-state index is 13.1. The second kappa shape index (κ2) is 7.75. The summed E-state index contributed by atoms with van der Waals surface area (Å²) < 4.78 is 32.9. The number of aryl methyl sites for hydroxylation is 2. The first-order chi connectivity index (χ1) is 10.9. The van der Waals surface area contributed by atoms with Gasteiger partial charge in [0.15, 0.2) is 0 Å². The highest BCUT2D eigenvalue weighted by molar-refractivity contribution is 7.89. The van der Waals surface area contributed by atoms with E-state index in [1.54, 1.807) is 17.5 Å². The molecule has 0 aliphatic carbocycles. The van der Waals surface area contributed by atoms with Crippen molar-refractivity contribution in [3.8, 4) is 0 Å². The number of hydrogen-bond acceptors (Lipinski definition) is 4. The number of sulfonamides is 1. The summed E-state index contributed by atoms with van der Waals surface area (Å²) in [5.41, 5.74) is 1.90. The number of methoxy groups -OCH3 is 1. The van der Waals surface area contributed by atoms with E-state index >= 15 is 0 Å². The van der Waals surface area contributed by atoms with Gasteiger partial charge >= 0.3 is 0 Å². The molecule has 1 unspecified atom stereocenters. The Morgan fingerprint density at radius 3 is 2.74 bits per heavy atom. The van der Waals surface area contributed by atoms with Gasteiger partial charge in [-0.1, -0.05) is 17.7 Å². The first-order valence-corrected chi connectivity index (χ1v) is 9.57. The molecule has 23 heavy (non-hydrogen) atoms. The van der Waals surface area contributed by atoms with Gasteiger partial charge in [-0.3, -0.25) is 0 Å². The fourth-order valence-corrected chi connectivity index (χ4v) is 5.11. The second-order valence-electron chi connectivity index (χ2n) is 6.44. The molecule has 6 heteroatoms. The Morgan fingerprint density at radius 1 is 1.35 bits per heavy atom. The summed E-state index contributed by atoms with van der Waals surface area (Å²) in [5, 5.41) is 0. The summed E-state index contributed by atoms with van der Waals surface area (Å²) in [4.78, 5) is 2.58. The van der Waals surface area contributed by atoms with Crippen LogP contribution in [0.4, 0.5) is 0 Å². The van der Waals surface area contributed by atoms with Gasteiger partial charge in [0.25, 0.3) is 0 Å². The molecule has 5 nitrogen and oxygen atoms in total. The van der Waals surface area contributed by atoms with Crippen molar-refractivity contribution in [2.45, 2.75) is 37.6 Å². The summed E-state index contributed by atoms with van der Waals surface area (Å²) in [5.74, 6) is 0. The van der Waals surface area contributed by atoms with Gasteiger partial charge in [0.1, 0.15) is 0 Å². The highest BCUT2D eigenvalue weighted by Crippen LogP contribution is 2.28. The van der Waals surface area contributed by atoms with Crippen LogP contribution in [0.1, 0.15) is 24.0 Å². The van der Waals surface area contributed by atoms with E-state index in [1.165, 1.54) is 0 Å². The molecule has 0 bridgehead atoms. The van der Waals surface area contributed by atoms with Gasteiger partial charge < -0.3 is 9.64 Å². The van der Waals surface area contributed by atoms with E-state index in [-0.39, 0.29) is 6.04 Å². The van der Waals surface area contributed by atoms with Crippen LogP contribution in [0.3, 0.4) is 0 Å². The van der Waals surface area contributed by atoms with Crippen LogP contribution in [-0.4, -0.2) is 64.1 Å². The molecule has 0 spiro atoms. The van der Waals surface area contributed by atoms with Crippen LogP contribution in [0.15, 0.2) is 23.1 Å². The predicted octanol–water partition coefficient (Wildman–Crippen LogP) is 2.03.